The predicted octanol–water partition coefficient (Wildman–Crippen LogP) is 2.48. The van der Waals surface area contributed by atoms with Crippen molar-refractivity contribution in [2.75, 3.05) is 17.7 Å². The van der Waals surface area contributed by atoms with Crippen LogP contribution in [-0.4, -0.2) is 51.0 Å². The lowest BCUT2D eigenvalue weighted by molar-refractivity contribution is 0.0770. The molecular weight excluding hydrogens is 442 g/mol. The first-order valence-electron chi connectivity index (χ1n) is 11.0. The fraction of sp³-hybridized carbons (Fsp3) is 0.522. The molecule has 0 saturated heterocycles. The number of hydrogen-bond donors (Lipinski definition) is 2. The number of imidazole rings is 1. The minimum Gasteiger partial charge on any atom is -0.392 e. The summed E-state index contributed by atoms with van der Waals surface area (Å²) in [7, 11) is -3.50. The largest absolute Gasteiger partial charge is 0.392 e. The zero-order valence-corrected chi connectivity index (χ0v) is 20.7. The number of nitrogens with zero attached hydrogens (tertiary/aromatic N) is 5. The topological polar surface area (TPSA) is 121 Å². The van der Waals surface area contributed by atoms with Crippen LogP contribution < -0.4 is 4.90 Å². The van der Waals surface area contributed by atoms with E-state index in [-0.39, 0.29) is 23.5 Å². The molecule has 3 aromatic rings. The third-order valence-electron chi connectivity index (χ3n) is 6.21. The third kappa shape index (κ3) is 4.11. The fourth-order valence-electron chi connectivity index (χ4n) is 4.71. The lowest BCUT2D eigenvalue weighted by atomic mass is 9.98. The van der Waals surface area contributed by atoms with Gasteiger partial charge in [-0.05, 0) is 44.4 Å². The Morgan fingerprint density at radius 1 is 1.21 bits per heavy atom. The lowest BCUT2D eigenvalue weighted by Gasteiger charge is -2.38. The molecule has 9 nitrogen and oxygen atoms in total. The summed E-state index contributed by atoms with van der Waals surface area (Å²) < 4.78 is 26.7. The molecule has 0 spiro atoms. The highest BCUT2D eigenvalue weighted by Gasteiger charge is 2.35. The first kappa shape index (κ1) is 23.6. The van der Waals surface area contributed by atoms with Gasteiger partial charge in [0.2, 0.25) is 5.95 Å². The molecule has 2 N–H and O–H groups in total. The Hall–Kier alpha value is -2.56. The van der Waals surface area contributed by atoms with Crippen LogP contribution in [0.2, 0.25) is 0 Å². The molecule has 10 heteroatoms. The quantitative estimate of drug-likeness (QED) is 0.580. The van der Waals surface area contributed by atoms with Gasteiger partial charge in [0.25, 0.3) is 0 Å². The summed E-state index contributed by atoms with van der Waals surface area (Å²) in [5.41, 5.74) is 2.11. The van der Waals surface area contributed by atoms with Crippen molar-refractivity contribution in [2.24, 2.45) is 5.92 Å². The van der Waals surface area contributed by atoms with Crippen LogP contribution in [0.25, 0.3) is 11.0 Å². The number of hydrogen-bond acceptors (Lipinski definition) is 8. The molecule has 178 valence electrons. The van der Waals surface area contributed by atoms with E-state index in [9.17, 15) is 18.6 Å². The summed E-state index contributed by atoms with van der Waals surface area (Å²) in [6.07, 6.45) is 2.83. The Morgan fingerprint density at radius 2 is 1.91 bits per heavy atom. The third-order valence-corrected chi connectivity index (χ3v) is 7.39. The zero-order chi connectivity index (χ0) is 24.3. The molecule has 0 bridgehead atoms. The molecule has 4 rings (SSSR count). The van der Waals surface area contributed by atoms with Crippen molar-refractivity contribution in [3.05, 3.63) is 41.0 Å². The molecule has 0 saturated carbocycles. The molecule has 2 aromatic heterocycles. The smallest absolute Gasteiger partial charge is 0.226 e. The van der Waals surface area contributed by atoms with E-state index in [2.05, 4.69) is 28.3 Å². The van der Waals surface area contributed by atoms with Gasteiger partial charge in [0, 0.05) is 36.8 Å². The van der Waals surface area contributed by atoms with Gasteiger partial charge in [-0.25, -0.2) is 23.4 Å². The number of sulfone groups is 1. The number of aliphatic hydroxyl groups is 2. The van der Waals surface area contributed by atoms with Crippen LogP contribution in [0.4, 0.5) is 5.95 Å². The Bertz CT molecular complexity index is 1320. The number of aliphatic hydroxyl groups excluding tert-OH is 1. The van der Waals surface area contributed by atoms with Crippen LogP contribution in [0.1, 0.15) is 56.4 Å². The van der Waals surface area contributed by atoms with Gasteiger partial charge in [0.1, 0.15) is 5.82 Å². The summed E-state index contributed by atoms with van der Waals surface area (Å²) >= 11 is 0. The molecule has 0 aliphatic carbocycles. The van der Waals surface area contributed by atoms with Gasteiger partial charge >= 0.3 is 0 Å². The summed E-state index contributed by atoms with van der Waals surface area (Å²) in [5.74, 6) is 1.56. The van der Waals surface area contributed by atoms with Crippen molar-refractivity contribution in [3.63, 3.8) is 0 Å². The second-order valence-corrected chi connectivity index (χ2v) is 11.6. The van der Waals surface area contributed by atoms with Gasteiger partial charge < -0.3 is 19.7 Å². The molecule has 1 aromatic carbocycles. The number of aryl methyl sites for hydroxylation is 1. The van der Waals surface area contributed by atoms with Crippen LogP contribution in [0.5, 0.6) is 0 Å². The van der Waals surface area contributed by atoms with Crippen molar-refractivity contribution in [1.82, 2.24) is 19.5 Å². The van der Waals surface area contributed by atoms with Crippen LogP contribution >= 0.6 is 0 Å². The summed E-state index contributed by atoms with van der Waals surface area (Å²) in [5, 5.41) is 20.1. The summed E-state index contributed by atoms with van der Waals surface area (Å²) in [4.78, 5) is 16.4. The maximum atomic E-state index is 12.3. The van der Waals surface area contributed by atoms with Crippen molar-refractivity contribution in [2.45, 2.75) is 64.3 Å². The standard InChI is InChI=1S/C23H31N5O4S/c1-13(2)20-21-26-17-9-15(12-29)19(33(6,31)32)10-18(17)27(21)7-8-28(20)22-24-11-16(14(3)25-22)23(4,5)30/h9-11,13,20,29-30H,7-8,12H2,1-6H3/t20-/m0/s1. The molecule has 33 heavy (non-hydrogen) atoms. The highest BCUT2D eigenvalue weighted by molar-refractivity contribution is 7.90. The van der Waals surface area contributed by atoms with Gasteiger partial charge in [-0.2, -0.15) is 0 Å². The zero-order valence-electron chi connectivity index (χ0n) is 19.9. The lowest BCUT2D eigenvalue weighted by Crippen LogP contribution is -2.42. The SMILES string of the molecule is Cc1nc(N2CCn3c(nc4cc(CO)c(S(C)(=O)=O)cc43)[C@@H]2C(C)C)ncc1C(C)(C)O. The molecule has 1 aliphatic heterocycles. The molecule has 3 heterocycles. The van der Waals surface area contributed by atoms with Crippen LogP contribution in [-0.2, 0) is 28.6 Å². The normalized spacial score (nSPS) is 17.1. The van der Waals surface area contributed by atoms with Gasteiger partial charge in [0.05, 0.1) is 34.2 Å². The van der Waals surface area contributed by atoms with E-state index in [4.69, 9.17) is 9.97 Å². The van der Waals surface area contributed by atoms with Gasteiger partial charge in [-0.1, -0.05) is 13.8 Å². The average Bonchev–Trinajstić information content (AvgIpc) is 3.07. The minimum absolute atomic E-state index is 0.127. The number of anilines is 1. The van der Waals surface area contributed by atoms with E-state index < -0.39 is 15.4 Å². The molecule has 0 unspecified atom stereocenters. The Kier molecular flexibility index (Phi) is 5.74. The van der Waals surface area contributed by atoms with E-state index >= 15 is 0 Å². The molecule has 0 fully saturated rings. The van der Waals surface area contributed by atoms with E-state index in [1.54, 1.807) is 32.2 Å². The van der Waals surface area contributed by atoms with Crippen molar-refractivity contribution in [3.8, 4) is 0 Å². The van der Waals surface area contributed by atoms with Gasteiger partial charge in [0.15, 0.2) is 9.84 Å². The fourth-order valence-corrected chi connectivity index (χ4v) is 5.63. The maximum absolute atomic E-state index is 12.3. The predicted molar refractivity (Wildman–Crippen MR) is 126 cm³/mol. The Labute approximate surface area is 194 Å². The molecule has 1 atom stereocenters. The first-order chi connectivity index (χ1) is 15.3. The number of aromatic nitrogens is 4. The highest BCUT2D eigenvalue weighted by atomic mass is 32.2. The Balaban J connectivity index is 1.85. The van der Waals surface area contributed by atoms with E-state index in [0.29, 0.717) is 35.7 Å². The highest BCUT2D eigenvalue weighted by Crippen LogP contribution is 2.37. The first-order valence-corrected chi connectivity index (χ1v) is 12.9. The van der Waals surface area contributed by atoms with Gasteiger partial charge in [-0.15, -0.1) is 0 Å². The van der Waals surface area contributed by atoms with E-state index in [1.165, 1.54) is 0 Å². The maximum Gasteiger partial charge on any atom is 0.226 e. The number of rotatable bonds is 5. The summed E-state index contributed by atoms with van der Waals surface area (Å²) in [6, 6.07) is 3.16. The average molecular weight is 474 g/mol. The van der Waals surface area contributed by atoms with E-state index in [0.717, 1.165) is 23.3 Å². The van der Waals surface area contributed by atoms with Crippen molar-refractivity contribution in [1.29, 1.82) is 0 Å². The number of benzene rings is 1. The van der Waals surface area contributed by atoms with Crippen LogP contribution in [0.3, 0.4) is 0 Å². The molecule has 0 amide bonds. The number of fused-ring (bicyclic) bond motifs is 3. The van der Waals surface area contributed by atoms with Crippen molar-refractivity contribution >= 4 is 26.8 Å². The van der Waals surface area contributed by atoms with Crippen LogP contribution in [0, 0.1) is 12.8 Å². The molecule has 0 radical (unpaired) electrons. The minimum atomic E-state index is -3.50. The monoisotopic (exact) mass is 473 g/mol. The van der Waals surface area contributed by atoms with Crippen molar-refractivity contribution < 1.29 is 18.6 Å². The second kappa shape index (κ2) is 8.03. The van der Waals surface area contributed by atoms with E-state index in [1.807, 2.05) is 6.92 Å². The van der Waals surface area contributed by atoms with Crippen LogP contribution in [0.15, 0.2) is 23.2 Å². The molecular formula is C23H31N5O4S. The molecule has 1 aliphatic rings. The Morgan fingerprint density at radius 3 is 2.45 bits per heavy atom. The second-order valence-electron chi connectivity index (χ2n) is 9.61. The van der Waals surface area contributed by atoms with Gasteiger partial charge in [-0.3, -0.25) is 0 Å². The summed E-state index contributed by atoms with van der Waals surface area (Å²) in [6.45, 7) is 10.3.